The highest BCUT2D eigenvalue weighted by Gasteiger charge is 2.48. The normalized spacial score (nSPS) is 16.1. The van der Waals surface area contributed by atoms with Crippen molar-refractivity contribution in [1.82, 2.24) is 4.98 Å². The van der Waals surface area contributed by atoms with Gasteiger partial charge in [0.15, 0.2) is 17.4 Å². The first-order valence-corrected chi connectivity index (χ1v) is 12.7. The Bertz CT molecular complexity index is 1450. The lowest BCUT2D eigenvalue weighted by Gasteiger charge is -2.36. The molecule has 7 heteroatoms. The molecule has 0 unspecified atom stereocenters. The van der Waals surface area contributed by atoms with E-state index in [0.29, 0.717) is 30.3 Å². The van der Waals surface area contributed by atoms with Crippen LogP contribution in [0, 0.1) is 12.8 Å². The molecule has 0 spiro atoms. The number of fused-ring (bicyclic) bond motifs is 1. The van der Waals surface area contributed by atoms with E-state index in [1.165, 1.54) is 5.56 Å². The van der Waals surface area contributed by atoms with Crippen LogP contribution in [0.2, 0.25) is 0 Å². The smallest absolute Gasteiger partial charge is 0.324 e. The molecule has 1 atom stereocenters. The summed E-state index contributed by atoms with van der Waals surface area (Å²) >= 11 is 0. The highest BCUT2D eigenvalue weighted by molar-refractivity contribution is 5.99. The van der Waals surface area contributed by atoms with Crippen molar-refractivity contribution in [2.45, 2.75) is 46.0 Å². The number of ether oxygens (including phenoxy) is 4. The van der Waals surface area contributed by atoms with Gasteiger partial charge in [0, 0.05) is 36.9 Å². The van der Waals surface area contributed by atoms with Gasteiger partial charge >= 0.3 is 11.9 Å². The predicted octanol–water partition coefficient (Wildman–Crippen LogP) is 6.04. The summed E-state index contributed by atoms with van der Waals surface area (Å²) in [7, 11) is 0. The fourth-order valence-corrected chi connectivity index (χ4v) is 4.85. The summed E-state index contributed by atoms with van der Waals surface area (Å²) in [5, 5.41) is 0.903. The van der Waals surface area contributed by atoms with E-state index in [9.17, 15) is 9.59 Å². The first kappa shape index (κ1) is 25.4. The van der Waals surface area contributed by atoms with Crippen molar-refractivity contribution in [3.8, 4) is 11.5 Å². The molecule has 0 aliphatic carbocycles. The van der Waals surface area contributed by atoms with Crippen LogP contribution in [0.1, 0.15) is 48.9 Å². The van der Waals surface area contributed by atoms with Gasteiger partial charge in [-0.25, -0.2) is 0 Å². The van der Waals surface area contributed by atoms with Crippen LogP contribution >= 0.6 is 0 Å². The zero-order valence-electron chi connectivity index (χ0n) is 21.9. The third kappa shape index (κ3) is 5.09. The molecule has 1 fully saturated rings. The van der Waals surface area contributed by atoms with Gasteiger partial charge in [0.1, 0.15) is 6.61 Å². The Hall–Kier alpha value is -4.26. The van der Waals surface area contributed by atoms with Gasteiger partial charge in [-0.05, 0) is 48.7 Å². The zero-order chi connectivity index (χ0) is 26.9. The minimum Gasteiger partial charge on any atom is -0.490 e. The number of cyclic esters (lactones) is 2. The van der Waals surface area contributed by atoms with E-state index >= 15 is 0 Å². The molecule has 38 heavy (non-hydrogen) atoms. The van der Waals surface area contributed by atoms with Crippen LogP contribution in [0.15, 0.2) is 72.9 Å². The number of aryl methyl sites for hydroxylation is 1. The second-order valence-corrected chi connectivity index (χ2v) is 9.90. The molecular weight excluding hydrogens is 482 g/mol. The molecule has 196 valence electrons. The Morgan fingerprint density at radius 2 is 1.63 bits per heavy atom. The van der Waals surface area contributed by atoms with Crippen LogP contribution in [0.4, 0.5) is 0 Å². The monoisotopic (exact) mass is 513 g/mol. The molecule has 5 rings (SSSR count). The Morgan fingerprint density at radius 1 is 0.921 bits per heavy atom. The number of aromatic nitrogens is 1. The summed E-state index contributed by atoms with van der Waals surface area (Å²) in [6, 6.07) is 21.4. The molecule has 0 amide bonds. The third-order valence-corrected chi connectivity index (χ3v) is 6.63. The lowest BCUT2D eigenvalue weighted by Crippen LogP contribution is -2.48. The molecule has 1 aliphatic rings. The quantitative estimate of drug-likeness (QED) is 0.228. The second kappa shape index (κ2) is 10.2. The number of esters is 2. The van der Waals surface area contributed by atoms with E-state index in [0.717, 1.165) is 22.0 Å². The van der Waals surface area contributed by atoms with Crippen molar-refractivity contribution < 1.29 is 28.5 Å². The number of nitrogens with one attached hydrogen (secondary N) is 1. The van der Waals surface area contributed by atoms with Crippen LogP contribution in [0.25, 0.3) is 10.9 Å². The molecule has 3 aromatic carbocycles. The van der Waals surface area contributed by atoms with Gasteiger partial charge in [-0.15, -0.1) is 0 Å². The van der Waals surface area contributed by atoms with E-state index in [1.54, 1.807) is 13.8 Å². The second-order valence-electron chi connectivity index (χ2n) is 9.90. The van der Waals surface area contributed by atoms with Crippen molar-refractivity contribution in [3.05, 3.63) is 95.2 Å². The predicted molar refractivity (Wildman–Crippen MR) is 143 cm³/mol. The fourth-order valence-electron chi connectivity index (χ4n) is 4.85. The van der Waals surface area contributed by atoms with Crippen molar-refractivity contribution in [1.29, 1.82) is 0 Å². The molecule has 1 aliphatic heterocycles. The molecule has 7 nitrogen and oxygen atoms in total. The molecule has 4 aromatic rings. The van der Waals surface area contributed by atoms with E-state index in [2.05, 4.69) is 4.98 Å². The fraction of sp³-hybridized carbons (Fsp3) is 0.290. The van der Waals surface area contributed by atoms with Crippen molar-refractivity contribution >= 4 is 22.8 Å². The number of carbonyl (C=O) groups excluding carboxylic acids is 2. The number of rotatable bonds is 8. The Balaban J connectivity index is 1.56. The Kier molecular flexibility index (Phi) is 6.85. The molecule has 0 bridgehead atoms. The molecule has 2 heterocycles. The number of para-hydroxylation sites is 1. The van der Waals surface area contributed by atoms with Crippen molar-refractivity contribution in [3.63, 3.8) is 0 Å². The van der Waals surface area contributed by atoms with Gasteiger partial charge in [0.25, 0.3) is 5.79 Å². The maximum Gasteiger partial charge on any atom is 0.324 e. The lowest BCUT2D eigenvalue weighted by molar-refractivity contribution is -0.240. The van der Waals surface area contributed by atoms with Crippen LogP contribution in [-0.4, -0.2) is 29.3 Å². The summed E-state index contributed by atoms with van der Waals surface area (Å²) in [5.41, 5.74) is 4.61. The van der Waals surface area contributed by atoms with Crippen LogP contribution in [-0.2, 0) is 25.7 Å². The molecular formula is C31H31NO6. The van der Waals surface area contributed by atoms with Crippen LogP contribution < -0.4 is 9.47 Å². The summed E-state index contributed by atoms with van der Waals surface area (Å²) in [6.07, 6.45) is 1.83. The zero-order valence-corrected chi connectivity index (χ0v) is 21.9. The lowest BCUT2D eigenvalue weighted by atomic mass is 9.80. The van der Waals surface area contributed by atoms with Gasteiger partial charge < -0.3 is 23.9 Å². The average Bonchev–Trinajstić information content (AvgIpc) is 3.30. The number of H-pyrrole nitrogens is 1. The average molecular weight is 514 g/mol. The Labute approximate surface area is 221 Å². The maximum absolute atomic E-state index is 13.2. The highest BCUT2D eigenvalue weighted by Crippen LogP contribution is 2.43. The number of hydrogen-bond donors (Lipinski definition) is 1. The largest absolute Gasteiger partial charge is 0.490 e. The maximum atomic E-state index is 13.2. The first-order chi connectivity index (χ1) is 18.3. The SMILES string of the molecule is CCOc1cc([C@H](c2c[nH]c3ccccc23)C2C(=O)OC(C)(C)OC2=O)ccc1OCc1ccc(C)cc1. The van der Waals surface area contributed by atoms with Crippen LogP contribution in [0.3, 0.4) is 0 Å². The standard InChI is InChI=1S/C31H31NO6/c1-5-35-26-16-21(14-15-25(26)36-18-20-12-10-19(2)11-13-20)27(23-17-32-24-9-7-6-8-22(23)24)28-29(33)37-31(3,4)38-30(28)34/h6-17,27-28,32H,5,18H2,1-4H3/t27-/m1/s1. The van der Waals surface area contributed by atoms with Crippen molar-refractivity contribution in [2.24, 2.45) is 5.92 Å². The molecule has 1 saturated heterocycles. The van der Waals surface area contributed by atoms with Gasteiger partial charge in [-0.3, -0.25) is 9.59 Å². The first-order valence-electron chi connectivity index (χ1n) is 12.7. The molecule has 0 radical (unpaired) electrons. The van der Waals surface area contributed by atoms with Gasteiger partial charge in [-0.1, -0.05) is 54.1 Å². The van der Waals surface area contributed by atoms with Gasteiger partial charge in [0.05, 0.1) is 6.61 Å². The summed E-state index contributed by atoms with van der Waals surface area (Å²) in [4.78, 5) is 29.7. The number of hydrogen-bond acceptors (Lipinski definition) is 6. The summed E-state index contributed by atoms with van der Waals surface area (Å²) in [6.45, 7) is 7.83. The molecule has 1 aromatic heterocycles. The highest BCUT2D eigenvalue weighted by atomic mass is 16.7. The minimum atomic E-state index is -1.32. The van der Waals surface area contributed by atoms with E-state index < -0.39 is 29.6 Å². The van der Waals surface area contributed by atoms with E-state index in [1.807, 2.05) is 86.8 Å². The molecule has 0 saturated carbocycles. The minimum absolute atomic E-state index is 0.377. The van der Waals surface area contributed by atoms with E-state index in [4.69, 9.17) is 18.9 Å². The van der Waals surface area contributed by atoms with Crippen molar-refractivity contribution in [2.75, 3.05) is 6.61 Å². The number of benzene rings is 3. The third-order valence-electron chi connectivity index (χ3n) is 6.63. The number of carbonyl (C=O) groups is 2. The van der Waals surface area contributed by atoms with Gasteiger partial charge in [-0.2, -0.15) is 0 Å². The number of aromatic amines is 1. The van der Waals surface area contributed by atoms with E-state index in [-0.39, 0.29) is 0 Å². The van der Waals surface area contributed by atoms with Crippen LogP contribution in [0.5, 0.6) is 11.5 Å². The summed E-state index contributed by atoms with van der Waals surface area (Å²) < 4.78 is 23.1. The molecule has 1 N–H and O–H groups in total. The van der Waals surface area contributed by atoms with Gasteiger partial charge in [0.2, 0.25) is 0 Å². The topological polar surface area (TPSA) is 86.9 Å². The summed E-state index contributed by atoms with van der Waals surface area (Å²) in [5.74, 6) is -3.33. The Morgan fingerprint density at radius 3 is 2.34 bits per heavy atom.